The zero-order chi connectivity index (χ0) is 18.4. The summed E-state index contributed by atoms with van der Waals surface area (Å²) in [6.45, 7) is 6.13. The number of halogens is 2. The molecule has 2 nitrogen and oxygen atoms in total. The molecule has 134 valence electrons. The van der Waals surface area contributed by atoms with Gasteiger partial charge in [-0.25, -0.2) is 0 Å². The van der Waals surface area contributed by atoms with Gasteiger partial charge in [-0.05, 0) is 43.0 Å². The largest absolute Gasteiger partial charge is 0.349 e. The average Bonchev–Trinajstić information content (AvgIpc) is 2.62. The van der Waals surface area contributed by atoms with Crippen molar-refractivity contribution in [2.75, 3.05) is 0 Å². The molecule has 0 heterocycles. The molecular formula is C21H25Cl2NO. The molecular weight excluding hydrogens is 353 g/mol. The molecule has 0 fully saturated rings. The molecule has 25 heavy (non-hydrogen) atoms. The highest BCUT2D eigenvalue weighted by Gasteiger charge is 2.35. The lowest BCUT2D eigenvalue weighted by Crippen LogP contribution is -2.43. The van der Waals surface area contributed by atoms with Crippen molar-refractivity contribution in [1.29, 1.82) is 0 Å². The van der Waals surface area contributed by atoms with Gasteiger partial charge in [-0.1, -0.05) is 79.9 Å². The van der Waals surface area contributed by atoms with Crippen molar-refractivity contribution >= 4 is 29.1 Å². The van der Waals surface area contributed by atoms with Crippen LogP contribution in [-0.4, -0.2) is 5.91 Å². The number of carbonyl (C=O) groups excluding carboxylic acids is 1. The van der Waals surface area contributed by atoms with Crippen LogP contribution in [0.25, 0.3) is 0 Å². The first-order valence-electron chi connectivity index (χ1n) is 8.73. The van der Waals surface area contributed by atoms with Gasteiger partial charge in [0.2, 0.25) is 5.91 Å². The molecule has 0 aliphatic carbocycles. The van der Waals surface area contributed by atoms with Crippen molar-refractivity contribution in [3.8, 4) is 0 Å². The van der Waals surface area contributed by atoms with E-state index in [0.717, 1.165) is 30.4 Å². The predicted octanol–water partition coefficient (Wildman–Crippen LogP) is 6.32. The molecule has 2 unspecified atom stereocenters. The van der Waals surface area contributed by atoms with Crippen LogP contribution in [0.1, 0.15) is 57.2 Å². The molecule has 2 atom stereocenters. The van der Waals surface area contributed by atoms with Gasteiger partial charge in [0.25, 0.3) is 0 Å². The van der Waals surface area contributed by atoms with Crippen molar-refractivity contribution < 1.29 is 4.79 Å². The molecule has 0 saturated carbocycles. The van der Waals surface area contributed by atoms with Gasteiger partial charge in [0.1, 0.15) is 0 Å². The van der Waals surface area contributed by atoms with Crippen LogP contribution in [0.4, 0.5) is 0 Å². The maximum atomic E-state index is 13.2. The van der Waals surface area contributed by atoms with Crippen LogP contribution >= 0.6 is 23.2 Å². The number of nitrogens with one attached hydrogen (secondary N) is 1. The van der Waals surface area contributed by atoms with Crippen LogP contribution in [0.5, 0.6) is 0 Å². The molecule has 2 aromatic rings. The second kappa shape index (κ2) is 8.73. The molecule has 1 amide bonds. The third kappa shape index (κ3) is 4.56. The fraction of sp³-hybridized carbons (Fsp3) is 0.381. The van der Waals surface area contributed by atoms with Crippen LogP contribution in [0, 0.1) is 0 Å². The zero-order valence-corrected chi connectivity index (χ0v) is 16.5. The van der Waals surface area contributed by atoms with Crippen molar-refractivity contribution in [3.05, 3.63) is 69.7 Å². The third-order valence-corrected chi connectivity index (χ3v) is 5.46. The van der Waals surface area contributed by atoms with E-state index in [9.17, 15) is 4.79 Å². The van der Waals surface area contributed by atoms with E-state index in [1.54, 1.807) is 6.07 Å². The topological polar surface area (TPSA) is 29.1 Å². The minimum atomic E-state index is -0.648. The highest BCUT2D eigenvalue weighted by molar-refractivity contribution is 6.42. The number of rotatable bonds is 7. The summed E-state index contributed by atoms with van der Waals surface area (Å²) in [7, 11) is 0. The van der Waals surface area contributed by atoms with E-state index in [1.807, 2.05) is 49.4 Å². The number of amides is 1. The maximum absolute atomic E-state index is 13.2. The summed E-state index contributed by atoms with van der Waals surface area (Å²) < 4.78 is 0. The summed E-state index contributed by atoms with van der Waals surface area (Å²) >= 11 is 12.2. The van der Waals surface area contributed by atoms with E-state index < -0.39 is 5.41 Å². The second-order valence-electron chi connectivity index (χ2n) is 6.56. The minimum absolute atomic E-state index is 0.00680. The summed E-state index contributed by atoms with van der Waals surface area (Å²) in [5.41, 5.74) is 1.36. The molecule has 0 spiro atoms. The average molecular weight is 378 g/mol. The van der Waals surface area contributed by atoms with Gasteiger partial charge in [-0.15, -0.1) is 0 Å². The normalized spacial score (nSPS) is 14.6. The first-order chi connectivity index (χ1) is 11.9. The Morgan fingerprint density at radius 3 is 2.32 bits per heavy atom. The van der Waals surface area contributed by atoms with Crippen LogP contribution in [0.3, 0.4) is 0 Å². The quantitative estimate of drug-likeness (QED) is 0.600. The van der Waals surface area contributed by atoms with Crippen LogP contribution in [-0.2, 0) is 10.2 Å². The van der Waals surface area contributed by atoms with Gasteiger partial charge >= 0.3 is 0 Å². The number of benzene rings is 2. The van der Waals surface area contributed by atoms with Gasteiger partial charge in [0.15, 0.2) is 0 Å². The fourth-order valence-corrected chi connectivity index (χ4v) is 3.45. The van der Waals surface area contributed by atoms with Crippen LogP contribution in [0.15, 0.2) is 48.5 Å². The summed E-state index contributed by atoms with van der Waals surface area (Å²) in [4.78, 5) is 13.2. The Morgan fingerprint density at radius 1 is 1.08 bits per heavy atom. The van der Waals surface area contributed by atoms with Crippen LogP contribution < -0.4 is 5.32 Å². The number of hydrogen-bond acceptors (Lipinski definition) is 1. The van der Waals surface area contributed by atoms with E-state index in [-0.39, 0.29) is 11.9 Å². The summed E-state index contributed by atoms with van der Waals surface area (Å²) in [5, 5.41) is 4.20. The number of hydrogen-bond donors (Lipinski definition) is 1. The Labute approximate surface area is 160 Å². The summed E-state index contributed by atoms with van der Waals surface area (Å²) in [6.07, 6.45) is 2.47. The monoisotopic (exact) mass is 377 g/mol. The Kier molecular flexibility index (Phi) is 6.92. The lowest BCUT2D eigenvalue weighted by atomic mass is 9.77. The smallest absolute Gasteiger partial charge is 0.230 e. The third-order valence-electron chi connectivity index (χ3n) is 4.72. The minimum Gasteiger partial charge on any atom is -0.349 e. The van der Waals surface area contributed by atoms with Crippen molar-refractivity contribution in [1.82, 2.24) is 5.32 Å². The highest BCUT2D eigenvalue weighted by atomic mass is 35.5. The highest BCUT2D eigenvalue weighted by Crippen LogP contribution is 2.34. The van der Waals surface area contributed by atoms with Crippen molar-refractivity contribution in [2.24, 2.45) is 0 Å². The van der Waals surface area contributed by atoms with E-state index in [4.69, 9.17) is 23.2 Å². The van der Waals surface area contributed by atoms with Crippen LogP contribution in [0.2, 0.25) is 10.0 Å². The summed E-state index contributed by atoms with van der Waals surface area (Å²) in [5.74, 6) is 0.0171. The maximum Gasteiger partial charge on any atom is 0.230 e. The zero-order valence-electron chi connectivity index (χ0n) is 15.0. The van der Waals surface area contributed by atoms with Gasteiger partial charge in [0.05, 0.1) is 21.5 Å². The molecule has 0 aliphatic heterocycles. The Hall–Kier alpha value is -1.51. The molecule has 1 N–H and O–H groups in total. The van der Waals surface area contributed by atoms with Crippen molar-refractivity contribution in [2.45, 2.75) is 51.5 Å². The molecule has 0 radical (unpaired) electrons. The van der Waals surface area contributed by atoms with Gasteiger partial charge in [-0.3, -0.25) is 4.79 Å². The Morgan fingerprint density at radius 2 is 1.76 bits per heavy atom. The fourth-order valence-electron chi connectivity index (χ4n) is 3.15. The lowest BCUT2D eigenvalue weighted by molar-refractivity contribution is -0.127. The second-order valence-corrected chi connectivity index (χ2v) is 7.37. The first kappa shape index (κ1) is 19.8. The lowest BCUT2D eigenvalue weighted by Gasteiger charge is -2.31. The number of carbonyl (C=O) groups is 1. The molecule has 4 heteroatoms. The summed E-state index contributed by atoms with van der Waals surface area (Å²) in [6, 6.07) is 15.5. The predicted molar refractivity (Wildman–Crippen MR) is 106 cm³/mol. The molecule has 2 aromatic carbocycles. The van der Waals surface area contributed by atoms with Gasteiger partial charge in [0, 0.05) is 0 Å². The molecule has 0 aromatic heterocycles. The van der Waals surface area contributed by atoms with Crippen molar-refractivity contribution in [3.63, 3.8) is 0 Å². The van der Waals surface area contributed by atoms with E-state index in [0.29, 0.717) is 10.0 Å². The molecule has 2 rings (SSSR count). The van der Waals surface area contributed by atoms with Gasteiger partial charge in [-0.2, -0.15) is 0 Å². The first-order valence-corrected chi connectivity index (χ1v) is 9.49. The van der Waals surface area contributed by atoms with Gasteiger partial charge < -0.3 is 5.32 Å². The standard InChI is InChI=1S/C21H25Cl2NO/c1-4-13-21(3,16-11-12-17(22)18(23)14-16)20(25)24-19(5-2)15-9-7-6-8-10-15/h6-12,14,19H,4-5,13H2,1-3H3,(H,24,25). The van der Waals surface area contributed by atoms with E-state index in [2.05, 4.69) is 19.2 Å². The molecule has 0 bridgehead atoms. The SMILES string of the molecule is CCCC(C)(C(=O)NC(CC)c1ccccc1)c1ccc(Cl)c(Cl)c1. The molecule has 0 aliphatic rings. The van der Waals surface area contributed by atoms with E-state index >= 15 is 0 Å². The Bertz CT molecular complexity index is 717. The Balaban J connectivity index is 2.31. The molecule has 0 saturated heterocycles. The van der Waals surface area contributed by atoms with E-state index in [1.165, 1.54) is 0 Å².